The number of nitrogens with one attached hydrogen (secondary N) is 1. The van der Waals surface area contributed by atoms with E-state index in [1.54, 1.807) is 18.2 Å². The predicted octanol–water partition coefficient (Wildman–Crippen LogP) is 4.51. The zero-order valence-corrected chi connectivity index (χ0v) is 11.4. The van der Waals surface area contributed by atoms with Gasteiger partial charge in [-0.15, -0.1) is 0 Å². The number of ether oxygens (including phenoxy) is 1. The fourth-order valence-corrected chi connectivity index (χ4v) is 2.06. The molecule has 0 heterocycles. The molecule has 0 aliphatic rings. The van der Waals surface area contributed by atoms with Gasteiger partial charge in [-0.1, -0.05) is 35.3 Å². The van der Waals surface area contributed by atoms with Gasteiger partial charge in [-0.2, -0.15) is 0 Å². The summed E-state index contributed by atoms with van der Waals surface area (Å²) in [5.74, 6) is 1.36. The van der Waals surface area contributed by atoms with Crippen molar-refractivity contribution >= 4 is 23.2 Å². The van der Waals surface area contributed by atoms with Gasteiger partial charge in [0.25, 0.3) is 0 Å². The minimum Gasteiger partial charge on any atom is -0.456 e. The molecule has 18 heavy (non-hydrogen) atoms. The smallest absolute Gasteiger partial charge is 0.146 e. The van der Waals surface area contributed by atoms with Crippen LogP contribution in [0.2, 0.25) is 10.0 Å². The third-order valence-corrected chi connectivity index (χ3v) is 2.93. The Morgan fingerprint density at radius 3 is 2.67 bits per heavy atom. The number of rotatable bonds is 4. The summed E-state index contributed by atoms with van der Waals surface area (Å²) in [6.45, 7) is 0.797. The highest BCUT2D eigenvalue weighted by Gasteiger charge is 2.04. The zero-order chi connectivity index (χ0) is 13.0. The molecule has 0 bridgehead atoms. The van der Waals surface area contributed by atoms with Gasteiger partial charge >= 0.3 is 0 Å². The summed E-state index contributed by atoms with van der Waals surface area (Å²) in [5, 5.41) is 4.19. The summed E-state index contributed by atoms with van der Waals surface area (Å²) in [7, 11) is 1.91. The molecular formula is C14H13Cl2NO. The Labute approximate surface area is 116 Å². The van der Waals surface area contributed by atoms with Crippen LogP contribution in [-0.4, -0.2) is 7.05 Å². The van der Waals surface area contributed by atoms with Gasteiger partial charge in [0.05, 0.1) is 5.02 Å². The highest BCUT2D eigenvalue weighted by molar-refractivity contribution is 6.35. The summed E-state index contributed by atoms with van der Waals surface area (Å²) in [6.07, 6.45) is 0. The topological polar surface area (TPSA) is 21.3 Å². The van der Waals surface area contributed by atoms with Crippen LogP contribution in [0.4, 0.5) is 0 Å². The van der Waals surface area contributed by atoms with Crippen molar-refractivity contribution in [3.63, 3.8) is 0 Å². The second-order valence-corrected chi connectivity index (χ2v) is 4.70. The van der Waals surface area contributed by atoms with Gasteiger partial charge in [0, 0.05) is 11.6 Å². The molecule has 0 unspecified atom stereocenters. The number of hydrogen-bond acceptors (Lipinski definition) is 2. The minimum absolute atomic E-state index is 0.501. The van der Waals surface area contributed by atoms with Crippen LogP contribution in [-0.2, 0) is 6.54 Å². The average molecular weight is 282 g/mol. The van der Waals surface area contributed by atoms with Crippen LogP contribution < -0.4 is 10.1 Å². The summed E-state index contributed by atoms with van der Waals surface area (Å²) in [6, 6.07) is 13.0. The Morgan fingerprint density at radius 2 is 1.94 bits per heavy atom. The molecule has 0 fully saturated rings. The Hall–Kier alpha value is -1.22. The molecule has 2 aromatic rings. The maximum atomic E-state index is 6.06. The van der Waals surface area contributed by atoms with Gasteiger partial charge in [-0.25, -0.2) is 0 Å². The molecule has 0 spiro atoms. The van der Waals surface area contributed by atoms with Crippen LogP contribution in [0.3, 0.4) is 0 Å². The van der Waals surface area contributed by atoms with E-state index in [9.17, 15) is 0 Å². The lowest BCUT2D eigenvalue weighted by molar-refractivity contribution is 0.482. The van der Waals surface area contributed by atoms with Gasteiger partial charge in [0.1, 0.15) is 11.5 Å². The van der Waals surface area contributed by atoms with E-state index >= 15 is 0 Å². The van der Waals surface area contributed by atoms with Crippen LogP contribution in [0, 0.1) is 0 Å². The lowest BCUT2D eigenvalue weighted by Gasteiger charge is -2.09. The standard InChI is InChI=1S/C14H13Cl2NO/c1-17-9-10-3-2-4-12(7-10)18-14-6-5-11(15)8-13(14)16/h2-8,17H,9H2,1H3. The van der Waals surface area contributed by atoms with Crippen molar-refractivity contribution in [2.75, 3.05) is 7.05 Å². The van der Waals surface area contributed by atoms with E-state index in [4.69, 9.17) is 27.9 Å². The Balaban J connectivity index is 2.20. The van der Waals surface area contributed by atoms with Gasteiger partial charge in [0.2, 0.25) is 0 Å². The quantitative estimate of drug-likeness (QED) is 0.891. The molecule has 0 aliphatic carbocycles. The predicted molar refractivity (Wildman–Crippen MR) is 75.7 cm³/mol. The molecular weight excluding hydrogens is 269 g/mol. The third kappa shape index (κ3) is 3.39. The summed E-state index contributed by atoms with van der Waals surface area (Å²) in [5.41, 5.74) is 1.15. The summed E-state index contributed by atoms with van der Waals surface area (Å²) >= 11 is 11.9. The highest BCUT2D eigenvalue weighted by Crippen LogP contribution is 2.31. The maximum absolute atomic E-state index is 6.06. The number of hydrogen-bond donors (Lipinski definition) is 1. The zero-order valence-electron chi connectivity index (χ0n) is 9.91. The molecule has 0 radical (unpaired) electrons. The van der Waals surface area contributed by atoms with Crippen molar-refractivity contribution in [2.45, 2.75) is 6.54 Å². The second kappa shape index (κ2) is 6.10. The van der Waals surface area contributed by atoms with Crippen LogP contribution in [0.15, 0.2) is 42.5 Å². The van der Waals surface area contributed by atoms with Gasteiger partial charge in [-0.05, 0) is 42.9 Å². The molecule has 0 aliphatic heterocycles. The van der Waals surface area contributed by atoms with Crippen LogP contribution in [0.5, 0.6) is 11.5 Å². The first-order valence-electron chi connectivity index (χ1n) is 5.55. The van der Waals surface area contributed by atoms with E-state index in [0.29, 0.717) is 15.8 Å². The summed E-state index contributed by atoms with van der Waals surface area (Å²) < 4.78 is 5.73. The van der Waals surface area contributed by atoms with Crippen LogP contribution in [0.25, 0.3) is 0 Å². The molecule has 2 rings (SSSR count). The van der Waals surface area contributed by atoms with E-state index in [1.165, 1.54) is 0 Å². The third-order valence-electron chi connectivity index (χ3n) is 2.40. The largest absolute Gasteiger partial charge is 0.456 e. The normalized spacial score (nSPS) is 10.4. The highest BCUT2D eigenvalue weighted by atomic mass is 35.5. The molecule has 2 nitrogen and oxygen atoms in total. The molecule has 0 atom stereocenters. The molecule has 2 aromatic carbocycles. The fraction of sp³-hybridized carbons (Fsp3) is 0.143. The fourth-order valence-electron chi connectivity index (χ4n) is 1.61. The van der Waals surface area contributed by atoms with Crippen molar-refractivity contribution in [1.82, 2.24) is 5.32 Å². The number of halogens is 2. The first-order valence-corrected chi connectivity index (χ1v) is 6.31. The van der Waals surface area contributed by atoms with Crippen LogP contribution >= 0.6 is 23.2 Å². The second-order valence-electron chi connectivity index (χ2n) is 3.85. The summed E-state index contributed by atoms with van der Waals surface area (Å²) in [4.78, 5) is 0. The van der Waals surface area contributed by atoms with E-state index in [2.05, 4.69) is 5.32 Å². The van der Waals surface area contributed by atoms with Crippen molar-refractivity contribution in [3.05, 3.63) is 58.1 Å². The Morgan fingerprint density at radius 1 is 1.11 bits per heavy atom. The van der Waals surface area contributed by atoms with E-state index in [1.807, 2.05) is 31.3 Å². The molecule has 0 saturated heterocycles. The monoisotopic (exact) mass is 281 g/mol. The van der Waals surface area contributed by atoms with E-state index < -0.39 is 0 Å². The minimum atomic E-state index is 0.501. The van der Waals surface area contributed by atoms with Crippen molar-refractivity contribution in [2.24, 2.45) is 0 Å². The van der Waals surface area contributed by atoms with E-state index in [0.717, 1.165) is 17.9 Å². The molecule has 94 valence electrons. The van der Waals surface area contributed by atoms with Gasteiger partial charge in [0.15, 0.2) is 0 Å². The first-order chi connectivity index (χ1) is 8.69. The molecule has 0 saturated carbocycles. The number of benzene rings is 2. The van der Waals surface area contributed by atoms with Crippen molar-refractivity contribution in [1.29, 1.82) is 0 Å². The Kier molecular flexibility index (Phi) is 4.48. The SMILES string of the molecule is CNCc1cccc(Oc2ccc(Cl)cc2Cl)c1. The molecule has 0 aromatic heterocycles. The van der Waals surface area contributed by atoms with Crippen molar-refractivity contribution in [3.8, 4) is 11.5 Å². The van der Waals surface area contributed by atoms with Crippen molar-refractivity contribution < 1.29 is 4.74 Å². The molecule has 0 amide bonds. The van der Waals surface area contributed by atoms with Gasteiger partial charge < -0.3 is 10.1 Å². The van der Waals surface area contributed by atoms with Gasteiger partial charge in [-0.3, -0.25) is 0 Å². The maximum Gasteiger partial charge on any atom is 0.146 e. The molecule has 1 N–H and O–H groups in total. The Bertz CT molecular complexity index is 543. The average Bonchev–Trinajstić information content (AvgIpc) is 2.34. The van der Waals surface area contributed by atoms with E-state index in [-0.39, 0.29) is 0 Å². The lowest BCUT2D eigenvalue weighted by atomic mass is 10.2. The lowest BCUT2D eigenvalue weighted by Crippen LogP contribution is -2.04. The first kappa shape index (κ1) is 13.2. The molecule has 4 heteroatoms. The van der Waals surface area contributed by atoms with Crippen LogP contribution in [0.1, 0.15) is 5.56 Å².